The van der Waals surface area contributed by atoms with Crippen molar-refractivity contribution >= 4 is 5.82 Å². The lowest BCUT2D eigenvalue weighted by atomic mass is 10.1. The summed E-state index contributed by atoms with van der Waals surface area (Å²) in [5.74, 6) is 0.286. The monoisotopic (exact) mass is 202 g/mol. The molecule has 2 N–H and O–H groups in total. The average molecular weight is 202 g/mol. The maximum Gasteiger partial charge on any atom is 0.123 e. The van der Waals surface area contributed by atoms with Gasteiger partial charge in [-0.1, -0.05) is 18.2 Å². The van der Waals surface area contributed by atoms with Crippen molar-refractivity contribution in [2.45, 2.75) is 6.42 Å². The van der Waals surface area contributed by atoms with Gasteiger partial charge < -0.3 is 5.73 Å². The van der Waals surface area contributed by atoms with Gasteiger partial charge in [0.05, 0.1) is 0 Å². The third-order valence-corrected chi connectivity index (χ3v) is 2.13. The molecule has 0 atom stereocenters. The Kier molecular flexibility index (Phi) is 2.63. The van der Waals surface area contributed by atoms with E-state index in [9.17, 15) is 4.39 Å². The lowest BCUT2D eigenvalue weighted by Crippen LogP contribution is -1.96. The van der Waals surface area contributed by atoms with Crippen LogP contribution in [0.25, 0.3) is 0 Å². The number of anilines is 1. The summed E-state index contributed by atoms with van der Waals surface area (Å²) in [7, 11) is 0. The second-order valence-corrected chi connectivity index (χ2v) is 3.36. The number of nitrogens with zero attached hydrogens (tertiary/aromatic N) is 1. The van der Waals surface area contributed by atoms with Crippen LogP contribution in [0.1, 0.15) is 11.3 Å². The molecule has 1 heterocycles. The summed E-state index contributed by atoms with van der Waals surface area (Å²) < 4.78 is 12.7. The first-order valence-corrected chi connectivity index (χ1v) is 4.70. The van der Waals surface area contributed by atoms with Crippen molar-refractivity contribution in [2.24, 2.45) is 0 Å². The predicted molar refractivity (Wildman–Crippen MR) is 57.9 cm³/mol. The van der Waals surface area contributed by atoms with Gasteiger partial charge in [0.2, 0.25) is 0 Å². The molecule has 0 aliphatic rings. The maximum absolute atomic E-state index is 12.7. The van der Waals surface area contributed by atoms with Gasteiger partial charge >= 0.3 is 0 Å². The van der Waals surface area contributed by atoms with Gasteiger partial charge in [-0.15, -0.1) is 0 Å². The van der Waals surface area contributed by atoms with Gasteiger partial charge in [0, 0.05) is 12.1 Å². The maximum atomic E-state index is 12.7. The molecule has 0 fully saturated rings. The average Bonchev–Trinajstić information content (AvgIpc) is 2.22. The molecule has 0 saturated heterocycles. The standard InChI is InChI=1S/C12H11FN2/c13-10-6-4-9(5-7-10)8-11-2-1-3-12(14)15-11/h1-7H,8H2,(H2,14,15). The zero-order valence-electron chi connectivity index (χ0n) is 8.15. The number of hydrogen-bond acceptors (Lipinski definition) is 2. The molecule has 0 unspecified atom stereocenters. The van der Waals surface area contributed by atoms with Gasteiger partial charge in [0.1, 0.15) is 11.6 Å². The molecule has 0 spiro atoms. The van der Waals surface area contributed by atoms with Gasteiger partial charge in [0.25, 0.3) is 0 Å². The molecule has 15 heavy (non-hydrogen) atoms. The van der Waals surface area contributed by atoms with Crippen molar-refractivity contribution in [1.29, 1.82) is 0 Å². The summed E-state index contributed by atoms with van der Waals surface area (Å²) in [5.41, 5.74) is 7.48. The van der Waals surface area contributed by atoms with Crippen LogP contribution in [0.2, 0.25) is 0 Å². The highest BCUT2D eigenvalue weighted by Gasteiger charge is 1.98. The summed E-state index contributed by atoms with van der Waals surface area (Å²) in [6.07, 6.45) is 0.672. The van der Waals surface area contributed by atoms with Crippen molar-refractivity contribution in [2.75, 3.05) is 5.73 Å². The highest BCUT2D eigenvalue weighted by atomic mass is 19.1. The molecule has 1 aromatic heterocycles. The molecule has 0 saturated carbocycles. The first-order chi connectivity index (χ1) is 7.24. The number of nitrogen functional groups attached to an aromatic ring is 1. The highest BCUT2D eigenvalue weighted by molar-refractivity contribution is 5.31. The Balaban J connectivity index is 2.18. The first kappa shape index (κ1) is 9.65. The van der Waals surface area contributed by atoms with E-state index in [0.717, 1.165) is 11.3 Å². The molecule has 0 radical (unpaired) electrons. The molecule has 0 amide bonds. The summed E-state index contributed by atoms with van der Waals surface area (Å²) in [5, 5.41) is 0. The zero-order valence-corrected chi connectivity index (χ0v) is 8.15. The summed E-state index contributed by atoms with van der Waals surface area (Å²) >= 11 is 0. The minimum atomic E-state index is -0.223. The number of hydrogen-bond donors (Lipinski definition) is 1. The lowest BCUT2D eigenvalue weighted by molar-refractivity contribution is 0.627. The molecular weight excluding hydrogens is 191 g/mol. The van der Waals surface area contributed by atoms with Gasteiger partial charge in [-0.25, -0.2) is 9.37 Å². The summed E-state index contributed by atoms with van der Waals surface area (Å²) in [4.78, 5) is 4.17. The van der Waals surface area contributed by atoms with Gasteiger partial charge in [0.15, 0.2) is 0 Å². The lowest BCUT2D eigenvalue weighted by Gasteiger charge is -2.01. The fourth-order valence-electron chi connectivity index (χ4n) is 1.41. The van der Waals surface area contributed by atoms with E-state index in [0.29, 0.717) is 12.2 Å². The largest absolute Gasteiger partial charge is 0.384 e. The minimum absolute atomic E-state index is 0.223. The number of rotatable bonds is 2. The molecule has 0 bridgehead atoms. The van der Waals surface area contributed by atoms with Crippen molar-refractivity contribution in [3.05, 3.63) is 59.5 Å². The van der Waals surface area contributed by atoms with Crippen LogP contribution in [0.4, 0.5) is 10.2 Å². The Hall–Kier alpha value is -1.90. The molecule has 0 aliphatic heterocycles. The Bertz CT molecular complexity index is 451. The van der Waals surface area contributed by atoms with Crippen LogP contribution in [0.5, 0.6) is 0 Å². The first-order valence-electron chi connectivity index (χ1n) is 4.70. The molecule has 3 heteroatoms. The van der Waals surface area contributed by atoms with Crippen molar-refractivity contribution in [3.8, 4) is 0 Å². The van der Waals surface area contributed by atoms with Crippen LogP contribution in [0, 0.1) is 5.82 Å². The predicted octanol–water partition coefficient (Wildman–Crippen LogP) is 2.39. The number of aromatic nitrogens is 1. The fraction of sp³-hybridized carbons (Fsp3) is 0.0833. The van der Waals surface area contributed by atoms with Crippen LogP contribution >= 0.6 is 0 Å². The van der Waals surface area contributed by atoms with Crippen molar-refractivity contribution in [3.63, 3.8) is 0 Å². The van der Waals surface area contributed by atoms with Crippen LogP contribution in [0.3, 0.4) is 0 Å². The van der Waals surface area contributed by atoms with Crippen molar-refractivity contribution < 1.29 is 4.39 Å². The topological polar surface area (TPSA) is 38.9 Å². The second kappa shape index (κ2) is 4.09. The van der Waals surface area contributed by atoms with Gasteiger partial charge in [-0.05, 0) is 29.8 Å². The number of pyridine rings is 1. The number of nitrogens with two attached hydrogens (primary N) is 1. The van der Waals surface area contributed by atoms with E-state index in [1.807, 2.05) is 12.1 Å². The summed E-state index contributed by atoms with van der Waals surface area (Å²) in [6, 6.07) is 11.9. The van der Waals surface area contributed by atoms with E-state index in [1.54, 1.807) is 18.2 Å². The number of halogens is 1. The molecule has 76 valence electrons. The van der Waals surface area contributed by atoms with E-state index < -0.39 is 0 Å². The van der Waals surface area contributed by atoms with Crippen LogP contribution in [-0.2, 0) is 6.42 Å². The third-order valence-electron chi connectivity index (χ3n) is 2.13. The Morgan fingerprint density at radius 3 is 2.47 bits per heavy atom. The highest BCUT2D eigenvalue weighted by Crippen LogP contribution is 2.09. The molecular formula is C12H11FN2. The van der Waals surface area contributed by atoms with E-state index in [1.165, 1.54) is 12.1 Å². The SMILES string of the molecule is Nc1cccc(Cc2ccc(F)cc2)n1. The minimum Gasteiger partial charge on any atom is -0.384 e. The van der Waals surface area contributed by atoms with E-state index in [2.05, 4.69) is 4.98 Å². The van der Waals surface area contributed by atoms with Crippen LogP contribution in [0.15, 0.2) is 42.5 Å². The van der Waals surface area contributed by atoms with E-state index in [4.69, 9.17) is 5.73 Å². The van der Waals surface area contributed by atoms with E-state index in [-0.39, 0.29) is 5.82 Å². The second-order valence-electron chi connectivity index (χ2n) is 3.36. The Morgan fingerprint density at radius 2 is 1.80 bits per heavy atom. The van der Waals surface area contributed by atoms with Crippen LogP contribution in [-0.4, -0.2) is 4.98 Å². The smallest absolute Gasteiger partial charge is 0.123 e. The molecule has 2 nitrogen and oxygen atoms in total. The molecule has 1 aromatic carbocycles. The van der Waals surface area contributed by atoms with Crippen molar-refractivity contribution in [1.82, 2.24) is 4.98 Å². The molecule has 2 rings (SSSR count). The van der Waals surface area contributed by atoms with Crippen LogP contribution < -0.4 is 5.73 Å². The molecule has 0 aliphatic carbocycles. The van der Waals surface area contributed by atoms with Gasteiger partial charge in [-0.3, -0.25) is 0 Å². The normalized spacial score (nSPS) is 10.2. The quantitative estimate of drug-likeness (QED) is 0.812. The zero-order chi connectivity index (χ0) is 10.7. The number of benzene rings is 1. The Labute approximate surface area is 87.6 Å². The Morgan fingerprint density at radius 1 is 1.07 bits per heavy atom. The molecule has 2 aromatic rings. The van der Waals surface area contributed by atoms with Gasteiger partial charge in [-0.2, -0.15) is 0 Å². The summed E-state index contributed by atoms with van der Waals surface area (Å²) in [6.45, 7) is 0. The van der Waals surface area contributed by atoms with E-state index >= 15 is 0 Å². The third kappa shape index (κ3) is 2.53. The fourth-order valence-corrected chi connectivity index (χ4v) is 1.41.